The molecule has 2 aliphatic rings. The van der Waals surface area contributed by atoms with E-state index in [1.165, 1.54) is 0 Å². The highest BCUT2D eigenvalue weighted by atomic mass is 16.5. The first-order valence-electron chi connectivity index (χ1n) is 7.80. The Bertz CT molecular complexity index is 756. The minimum Gasteiger partial charge on any atom is -0.490 e. The van der Waals surface area contributed by atoms with Crippen LogP contribution in [0.1, 0.15) is 28.4 Å². The lowest BCUT2D eigenvalue weighted by Crippen LogP contribution is -2.38. The number of aryl methyl sites for hydroxylation is 1. The molecule has 7 heteroatoms. The normalized spacial score (nSPS) is 16.7. The van der Waals surface area contributed by atoms with Crippen LogP contribution in [0, 0.1) is 6.92 Å². The number of rotatable bonds is 1. The van der Waals surface area contributed by atoms with Crippen LogP contribution in [0.25, 0.3) is 0 Å². The van der Waals surface area contributed by atoms with Crippen molar-refractivity contribution in [3.8, 4) is 11.5 Å². The lowest BCUT2D eigenvalue weighted by atomic mass is 10.1. The highest BCUT2D eigenvalue weighted by Gasteiger charge is 2.25. The van der Waals surface area contributed by atoms with Crippen molar-refractivity contribution in [1.29, 1.82) is 0 Å². The number of amides is 1. The van der Waals surface area contributed by atoms with Crippen LogP contribution in [0.5, 0.6) is 11.5 Å². The third-order valence-electron chi connectivity index (χ3n) is 4.22. The fourth-order valence-electron chi connectivity index (χ4n) is 2.96. The predicted octanol–water partition coefficient (Wildman–Crippen LogP) is 1.40. The molecule has 0 bridgehead atoms. The Morgan fingerprint density at radius 3 is 2.83 bits per heavy atom. The summed E-state index contributed by atoms with van der Waals surface area (Å²) in [6.45, 7) is 5.04. The number of hydrogen-bond acceptors (Lipinski definition) is 5. The monoisotopic (exact) mass is 314 g/mol. The third kappa shape index (κ3) is 2.52. The molecule has 1 amide bonds. The van der Waals surface area contributed by atoms with Crippen LogP contribution in [0.2, 0.25) is 0 Å². The van der Waals surface area contributed by atoms with E-state index in [4.69, 9.17) is 9.47 Å². The number of fused-ring (bicyclic) bond motifs is 2. The summed E-state index contributed by atoms with van der Waals surface area (Å²) in [4.78, 5) is 14.6. The van der Waals surface area contributed by atoms with Gasteiger partial charge in [-0.2, -0.15) is 0 Å². The molecule has 0 aliphatic carbocycles. The molecule has 0 fully saturated rings. The van der Waals surface area contributed by atoms with Gasteiger partial charge in [0.1, 0.15) is 5.82 Å². The van der Waals surface area contributed by atoms with E-state index in [1.54, 1.807) is 17.0 Å². The molecular formula is C16H18N4O3. The Hall–Kier alpha value is -2.57. The molecule has 1 aromatic carbocycles. The SMILES string of the molecule is Cc1nnc2n1CCN(C(=O)c1ccc3c(c1)OCCCO3)C2. The van der Waals surface area contributed by atoms with Gasteiger partial charge in [0.2, 0.25) is 0 Å². The van der Waals surface area contributed by atoms with E-state index in [0.717, 1.165) is 24.6 Å². The van der Waals surface area contributed by atoms with Crippen LogP contribution in [0.3, 0.4) is 0 Å². The molecule has 0 radical (unpaired) electrons. The van der Waals surface area contributed by atoms with Crippen LogP contribution >= 0.6 is 0 Å². The van der Waals surface area contributed by atoms with Gasteiger partial charge in [0, 0.05) is 25.1 Å². The van der Waals surface area contributed by atoms with E-state index in [-0.39, 0.29) is 5.91 Å². The molecule has 0 atom stereocenters. The van der Waals surface area contributed by atoms with Gasteiger partial charge in [0.05, 0.1) is 19.8 Å². The van der Waals surface area contributed by atoms with Gasteiger partial charge in [-0.15, -0.1) is 10.2 Å². The van der Waals surface area contributed by atoms with Gasteiger partial charge in [0.25, 0.3) is 5.91 Å². The average Bonchev–Trinajstić information content (AvgIpc) is 2.81. The van der Waals surface area contributed by atoms with Gasteiger partial charge in [-0.05, 0) is 25.1 Å². The largest absolute Gasteiger partial charge is 0.490 e. The summed E-state index contributed by atoms with van der Waals surface area (Å²) < 4.78 is 13.3. The minimum atomic E-state index is -0.0208. The molecule has 120 valence electrons. The van der Waals surface area contributed by atoms with Gasteiger partial charge in [-0.1, -0.05) is 0 Å². The van der Waals surface area contributed by atoms with Crippen molar-refractivity contribution in [2.45, 2.75) is 26.4 Å². The summed E-state index contributed by atoms with van der Waals surface area (Å²) >= 11 is 0. The highest BCUT2D eigenvalue weighted by Crippen LogP contribution is 2.31. The number of nitrogens with zero attached hydrogens (tertiary/aromatic N) is 4. The maximum Gasteiger partial charge on any atom is 0.254 e. The van der Waals surface area contributed by atoms with Crippen molar-refractivity contribution < 1.29 is 14.3 Å². The summed E-state index contributed by atoms with van der Waals surface area (Å²) in [5.41, 5.74) is 0.610. The Morgan fingerprint density at radius 2 is 1.96 bits per heavy atom. The van der Waals surface area contributed by atoms with E-state index < -0.39 is 0 Å². The molecule has 1 aromatic heterocycles. The van der Waals surface area contributed by atoms with Crippen LogP contribution in [0.4, 0.5) is 0 Å². The molecule has 0 saturated carbocycles. The van der Waals surface area contributed by atoms with E-state index in [9.17, 15) is 4.79 Å². The first-order chi connectivity index (χ1) is 11.2. The molecule has 2 aliphatic heterocycles. The Balaban J connectivity index is 1.57. The van der Waals surface area contributed by atoms with Crippen molar-refractivity contribution >= 4 is 5.91 Å². The number of hydrogen-bond donors (Lipinski definition) is 0. The maximum absolute atomic E-state index is 12.8. The lowest BCUT2D eigenvalue weighted by molar-refractivity contribution is 0.0706. The Morgan fingerprint density at radius 1 is 1.13 bits per heavy atom. The molecule has 2 aromatic rings. The van der Waals surface area contributed by atoms with E-state index >= 15 is 0 Å². The van der Waals surface area contributed by atoms with Crippen molar-refractivity contribution in [3.05, 3.63) is 35.4 Å². The van der Waals surface area contributed by atoms with E-state index in [2.05, 4.69) is 14.8 Å². The first-order valence-corrected chi connectivity index (χ1v) is 7.80. The second-order valence-electron chi connectivity index (χ2n) is 5.75. The van der Waals surface area contributed by atoms with Crippen molar-refractivity contribution in [1.82, 2.24) is 19.7 Å². The van der Waals surface area contributed by atoms with Gasteiger partial charge in [0.15, 0.2) is 17.3 Å². The van der Waals surface area contributed by atoms with Gasteiger partial charge in [-0.25, -0.2) is 0 Å². The third-order valence-corrected chi connectivity index (χ3v) is 4.22. The van der Waals surface area contributed by atoms with Crippen LogP contribution < -0.4 is 9.47 Å². The average molecular weight is 314 g/mol. The number of aromatic nitrogens is 3. The zero-order valence-electron chi connectivity index (χ0n) is 13.0. The van der Waals surface area contributed by atoms with Gasteiger partial charge in [-0.3, -0.25) is 4.79 Å². The summed E-state index contributed by atoms with van der Waals surface area (Å²) in [5.74, 6) is 3.05. The molecule has 4 rings (SSSR count). The first kappa shape index (κ1) is 14.0. The highest BCUT2D eigenvalue weighted by molar-refractivity contribution is 5.95. The Kier molecular flexibility index (Phi) is 3.40. The molecule has 0 unspecified atom stereocenters. The molecule has 23 heavy (non-hydrogen) atoms. The quantitative estimate of drug-likeness (QED) is 0.796. The summed E-state index contributed by atoms with van der Waals surface area (Å²) in [7, 11) is 0. The molecule has 3 heterocycles. The molecule has 0 N–H and O–H groups in total. The van der Waals surface area contributed by atoms with Crippen LogP contribution in [0.15, 0.2) is 18.2 Å². The van der Waals surface area contributed by atoms with Crippen molar-refractivity contribution in [2.24, 2.45) is 0 Å². The van der Waals surface area contributed by atoms with Crippen molar-refractivity contribution in [3.63, 3.8) is 0 Å². The second kappa shape index (κ2) is 5.57. The van der Waals surface area contributed by atoms with Gasteiger partial charge >= 0.3 is 0 Å². The smallest absolute Gasteiger partial charge is 0.254 e. The zero-order valence-corrected chi connectivity index (χ0v) is 13.0. The fourth-order valence-corrected chi connectivity index (χ4v) is 2.96. The second-order valence-corrected chi connectivity index (χ2v) is 5.75. The van der Waals surface area contributed by atoms with E-state index in [1.807, 2.05) is 13.0 Å². The number of carbonyl (C=O) groups is 1. The molecule has 7 nitrogen and oxygen atoms in total. The lowest BCUT2D eigenvalue weighted by Gasteiger charge is -2.27. The maximum atomic E-state index is 12.8. The molecule has 0 saturated heterocycles. The van der Waals surface area contributed by atoms with Crippen molar-refractivity contribution in [2.75, 3.05) is 19.8 Å². The standard InChI is InChI=1S/C16H18N4O3/c1-11-17-18-15-10-19(5-6-20(11)15)16(21)12-3-4-13-14(9-12)23-8-2-7-22-13/h3-4,9H,2,5-8,10H2,1H3. The number of benzene rings is 1. The van der Waals surface area contributed by atoms with E-state index in [0.29, 0.717) is 43.4 Å². The van der Waals surface area contributed by atoms with Crippen LogP contribution in [-0.4, -0.2) is 45.3 Å². The summed E-state index contributed by atoms with van der Waals surface area (Å²) in [6.07, 6.45) is 0.846. The van der Waals surface area contributed by atoms with Crippen LogP contribution in [-0.2, 0) is 13.1 Å². The number of ether oxygens (including phenoxy) is 2. The summed E-state index contributed by atoms with van der Waals surface area (Å²) in [6, 6.07) is 5.37. The fraction of sp³-hybridized carbons (Fsp3) is 0.438. The molecular weight excluding hydrogens is 296 g/mol. The molecule has 0 spiro atoms. The van der Waals surface area contributed by atoms with Gasteiger partial charge < -0.3 is 18.9 Å². The topological polar surface area (TPSA) is 69.5 Å². The number of carbonyl (C=O) groups excluding carboxylic acids is 1. The predicted molar refractivity (Wildman–Crippen MR) is 81.5 cm³/mol. The minimum absolute atomic E-state index is 0.0208. The Labute approximate surface area is 133 Å². The summed E-state index contributed by atoms with van der Waals surface area (Å²) in [5, 5.41) is 8.21. The zero-order chi connectivity index (χ0) is 15.8.